The molecule has 0 fully saturated rings. The highest BCUT2D eigenvalue weighted by Crippen LogP contribution is 2.32. The van der Waals surface area contributed by atoms with Crippen LogP contribution in [0.25, 0.3) is 0 Å². The second kappa shape index (κ2) is 9.99. The minimum Gasteiger partial charge on any atom is -0.454 e. The Bertz CT molecular complexity index is 786. The maximum Gasteiger partial charge on any atom is 0.231 e. The monoisotopic (exact) mass is 382 g/mol. The molecule has 0 atom stereocenters. The first-order valence-electron chi connectivity index (χ1n) is 9.85. The summed E-state index contributed by atoms with van der Waals surface area (Å²) in [6.45, 7) is 9.23. The van der Waals surface area contributed by atoms with Crippen LogP contribution in [0.15, 0.2) is 47.5 Å². The molecule has 0 radical (unpaired) electrons. The van der Waals surface area contributed by atoms with Crippen LogP contribution in [0.1, 0.15) is 30.5 Å². The van der Waals surface area contributed by atoms with Crippen molar-refractivity contribution in [2.75, 3.05) is 26.9 Å². The van der Waals surface area contributed by atoms with Gasteiger partial charge in [-0.1, -0.05) is 44.2 Å². The Morgan fingerprint density at radius 3 is 2.18 bits per heavy atom. The van der Waals surface area contributed by atoms with E-state index in [1.54, 1.807) is 7.05 Å². The number of nitrogens with zero attached hydrogens (tertiary/aromatic N) is 2. The molecule has 6 nitrogen and oxygen atoms in total. The van der Waals surface area contributed by atoms with E-state index in [-0.39, 0.29) is 0 Å². The van der Waals surface area contributed by atoms with Crippen molar-refractivity contribution < 1.29 is 9.47 Å². The first-order chi connectivity index (χ1) is 13.7. The van der Waals surface area contributed by atoms with Gasteiger partial charge >= 0.3 is 0 Å². The number of guanidine groups is 1. The molecule has 6 heteroatoms. The largest absolute Gasteiger partial charge is 0.454 e. The summed E-state index contributed by atoms with van der Waals surface area (Å²) in [4.78, 5) is 6.71. The van der Waals surface area contributed by atoms with E-state index in [2.05, 4.69) is 58.6 Å². The van der Waals surface area contributed by atoms with Gasteiger partial charge in [-0.3, -0.25) is 9.89 Å². The molecule has 0 aromatic heterocycles. The smallest absolute Gasteiger partial charge is 0.231 e. The van der Waals surface area contributed by atoms with E-state index in [4.69, 9.17) is 9.47 Å². The quantitative estimate of drug-likeness (QED) is 0.543. The van der Waals surface area contributed by atoms with Crippen LogP contribution < -0.4 is 20.1 Å². The lowest BCUT2D eigenvalue weighted by Crippen LogP contribution is -2.36. The molecule has 1 heterocycles. The summed E-state index contributed by atoms with van der Waals surface area (Å²) in [6.07, 6.45) is 0. The van der Waals surface area contributed by atoms with E-state index in [0.717, 1.165) is 49.2 Å². The maximum absolute atomic E-state index is 5.43. The molecule has 2 aromatic carbocycles. The van der Waals surface area contributed by atoms with Gasteiger partial charge in [-0.25, -0.2) is 0 Å². The normalized spacial score (nSPS) is 13.1. The van der Waals surface area contributed by atoms with Gasteiger partial charge < -0.3 is 20.1 Å². The zero-order chi connectivity index (χ0) is 19.8. The Morgan fingerprint density at radius 2 is 1.50 bits per heavy atom. The second-order valence-corrected chi connectivity index (χ2v) is 6.74. The molecule has 0 saturated carbocycles. The van der Waals surface area contributed by atoms with Gasteiger partial charge in [0.2, 0.25) is 6.79 Å². The van der Waals surface area contributed by atoms with Crippen LogP contribution in [-0.2, 0) is 19.6 Å². The van der Waals surface area contributed by atoms with Crippen molar-refractivity contribution in [2.45, 2.75) is 33.5 Å². The fourth-order valence-electron chi connectivity index (χ4n) is 3.11. The van der Waals surface area contributed by atoms with Crippen LogP contribution in [0.5, 0.6) is 11.5 Å². The van der Waals surface area contributed by atoms with Crippen LogP contribution in [0.4, 0.5) is 0 Å². The van der Waals surface area contributed by atoms with Crippen LogP contribution >= 0.6 is 0 Å². The fourth-order valence-corrected chi connectivity index (χ4v) is 3.11. The van der Waals surface area contributed by atoms with Gasteiger partial charge in [0.1, 0.15) is 0 Å². The number of hydrogen-bond donors (Lipinski definition) is 2. The van der Waals surface area contributed by atoms with Crippen molar-refractivity contribution in [1.29, 1.82) is 0 Å². The van der Waals surface area contributed by atoms with Gasteiger partial charge in [0, 0.05) is 26.7 Å². The molecular formula is C22H30N4O2. The van der Waals surface area contributed by atoms with Crippen molar-refractivity contribution in [3.05, 3.63) is 59.2 Å². The first-order valence-corrected chi connectivity index (χ1v) is 9.85. The molecule has 2 N–H and O–H groups in total. The molecule has 0 aliphatic carbocycles. The predicted molar refractivity (Wildman–Crippen MR) is 113 cm³/mol. The average Bonchev–Trinajstić information content (AvgIpc) is 3.21. The van der Waals surface area contributed by atoms with Gasteiger partial charge in [0.25, 0.3) is 0 Å². The molecule has 28 heavy (non-hydrogen) atoms. The number of nitrogens with one attached hydrogen (secondary N) is 2. The van der Waals surface area contributed by atoms with Crippen LogP contribution in [0, 0.1) is 0 Å². The summed E-state index contributed by atoms with van der Waals surface area (Å²) >= 11 is 0. The number of fused-ring (bicyclic) bond motifs is 1. The molecule has 3 rings (SSSR count). The Hall–Kier alpha value is -2.73. The molecule has 0 saturated heterocycles. The molecular weight excluding hydrogens is 352 g/mol. The molecule has 150 valence electrons. The third-order valence-electron chi connectivity index (χ3n) is 4.90. The number of ether oxygens (including phenoxy) is 2. The van der Waals surface area contributed by atoms with Crippen molar-refractivity contribution in [1.82, 2.24) is 15.5 Å². The lowest BCUT2D eigenvalue weighted by atomic mass is 10.1. The highest BCUT2D eigenvalue weighted by Gasteiger charge is 2.13. The summed E-state index contributed by atoms with van der Waals surface area (Å²) in [7, 11) is 1.78. The van der Waals surface area contributed by atoms with E-state index in [9.17, 15) is 0 Å². The molecule has 0 unspecified atom stereocenters. The van der Waals surface area contributed by atoms with Gasteiger partial charge in [0.15, 0.2) is 17.5 Å². The second-order valence-electron chi connectivity index (χ2n) is 6.74. The van der Waals surface area contributed by atoms with Crippen LogP contribution in [0.3, 0.4) is 0 Å². The Morgan fingerprint density at radius 1 is 0.893 bits per heavy atom. The maximum atomic E-state index is 5.43. The highest BCUT2D eigenvalue weighted by atomic mass is 16.7. The van der Waals surface area contributed by atoms with E-state index >= 15 is 0 Å². The average molecular weight is 383 g/mol. The van der Waals surface area contributed by atoms with Gasteiger partial charge in [0.05, 0.1) is 0 Å². The first kappa shape index (κ1) is 20.0. The van der Waals surface area contributed by atoms with E-state index < -0.39 is 0 Å². The number of aliphatic imine (C=N–C) groups is 1. The Balaban J connectivity index is 1.47. The van der Waals surface area contributed by atoms with Crippen molar-refractivity contribution >= 4 is 5.96 Å². The number of hydrogen-bond acceptors (Lipinski definition) is 4. The van der Waals surface area contributed by atoms with E-state index in [1.807, 2.05) is 18.2 Å². The third kappa shape index (κ3) is 5.39. The van der Waals surface area contributed by atoms with Crippen molar-refractivity contribution in [3.8, 4) is 11.5 Å². The summed E-state index contributed by atoms with van der Waals surface area (Å²) < 4.78 is 10.8. The molecule has 1 aliphatic heterocycles. The van der Waals surface area contributed by atoms with Crippen LogP contribution in [0.2, 0.25) is 0 Å². The highest BCUT2D eigenvalue weighted by molar-refractivity contribution is 5.79. The summed E-state index contributed by atoms with van der Waals surface area (Å²) in [5.41, 5.74) is 3.69. The third-order valence-corrected chi connectivity index (χ3v) is 4.90. The van der Waals surface area contributed by atoms with Gasteiger partial charge in [-0.05, 0) is 41.9 Å². The molecule has 0 spiro atoms. The molecule has 2 aromatic rings. The molecule has 1 aliphatic rings. The van der Waals surface area contributed by atoms with Crippen LogP contribution in [-0.4, -0.2) is 37.8 Å². The van der Waals surface area contributed by atoms with Crippen molar-refractivity contribution in [2.24, 2.45) is 4.99 Å². The van der Waals surface area contributed by atoms with E-state index in [0.29, 0.717) is 13.3 Å². The predicted octanol–water partition coefficient (Wildman–Crippen LogP) is 3.12. The zero-order valence-corrected chi connectivity index (χ0v) is 17.0. The summed E-state index contributed by atoms with van der Waals surface area (Å²) in [6, 6.07) is 14.7. The standard InChI is InChI=1S/C22H30N4O2/c1-4-26(5-2)15-18-8-6-17(7-9-18)13-24-22(23-3)25-14-19-10-11-20-21(12-19)28-16-27-20/h6-12H,4-5,13-16H2,1-3H3,(H2,23,24,25). The lowest BCUT2D eigenvalue weighted by molar-refractivity contribution is 0.174. The van der Waals surface area contributed by atoms with Gasteiger partial charge in [-0.15, -0.1) is 0 Å². The minimum atomic E-state index is 0.295. The molecule has 0 amide bonds. The number of rotatable bonds is 8. The lowest BCUT2D eigenvalue weighted by Gasteiger charge is -2.18. The minimum absolute atomic E-state index is 0.295. The number of benzene rings is 2. The summed E-state index contributed by atoms with van der Waals surface area (Å²) in [5, 5.41) is 6.70. The van der Waals surface area contributed by atoms with Crippen molar-refractivity contribution in [3.63, 3.8) is 0 Å². The topological polar surface area (TPSA) is 58.1 Å². The van der Waals surface area contributed by atoms with Gasteiger partial charge in [-0.2, -0.15) is 0 Å². The summed E-state index contributed by atoms with van der Waals surface area (Å²) in [5.74, 6) is 2.37. The molecule has 0 bridgehead atoms. The fraction of sp³-hybridized carbons (Fsp3) is 0.409. The zero-order valence-electron chi connectivity index (χ0n) is 17.0. The van der Waals surface area contributed by atoms with E-state index in [1.165, 1.54) is 11.1 Å². The SMILES string of the molecule is CCN(CC)Cc1ccc(CNC(=NC)NCc2ccc3c(c2)OCO3)cc1. The Labute approximate surface area is 167 Å². The Kier molecular flexibility index (Phi) is 7.14.